The number of rotatable bonds is 6. The zero-order chi connectivity index (χ0) is 15.5. The first kappa shape index (κ1) is 14.8. The summed E-state index contributed by atoms with van der Waals surface area (Å²) in [6, 6.07) is 12.9. The van der Waals surface area contributed by atoms with Crippen molar-refractivity contribution >= 4 is 22.7 Å². The number of carboxylic acid groups (broad SMARTS) is 2. The van der Waals surface area contributed by atoms with Crippen molar-refractivity contribution in [3.63, 3.8) is 0 Å². The molecule has 0 aliphatic heterocycles. The van der Waals surface area contributed by atoms with Gasteiger partial charge in [-0.25, -0.2) is 9.59 Å². The quantitative estimate of drug-likeness (QED) is 0.697. The van der Waals surface area contributed by atoms with Gasteiger partial charge in [0.2, 0.25) is 0 Å². The third-order valence-corrected chi connectivity index (χ3v) is 3.16. The van der Waals surface area contributed by atoms with Crippen molar-refractivity contribution in [2.45, 2.75) is 12.0 Å². The van der Waals surface area contributed by atoms with Crippen LogP contribution in [-0.2, 0) is 9.59 Å². The van der Waals surface area contributed by atoms with Crippen molar-refractivity contribution < 1.29 is 29.6 Å². The van der Waals surface area contributed by atoms with Crippen LogP contribution in [0.2, 0.25) is 0 Å². The molecule has 110 valence electrons. The van der Waals surface area contributed by atoms with Gasteiger partial charge in [-0.05, 0) is 22.9 Å². The van der Waals surface area contributed by atoms with Crippen LogP contribution >= 0.6 is 0 Å². The minimum Gasteiger partial charge on any atom is -0.493 e. The van der Waals surface area contributed by atoms with E-state index in [9.17, 15) is 14.7 Å². The fourth-order valence-corrected chi connectivity index (χ4v) is 1.88. The molecule has 0 aromatic heterocycles. The number of fused-ring (bicyclic) bond motifs is 1. The van der Waals surface area contributed by atoms with E-state index >= 15 is 0 Å². The average molecular weight is 290 g/mol. The summed E-state index contributed by atoms with van der Waals surface area (Å²) in [4.78, 5) is 21.6. The first-order valence-corrected chi connectivity index (χ1v) is 6.24. The van der Waals surface area contributed by atoms with Crippen molar-refractivity contribution in [1.82, 2.24) is 0 Å². The SMILES string of the molecule is O=C(O)C(O)(CCOc1ccc2ccccc2c1)C(=O)O. The second-order valence-electron chi connectivity index (χ2n) is 4.58. The van der Waals surface area contributed by atoms with Crippen LogP contribution in [0.3, 0.4) is 0 Å². The first-order valence-electron chi connectivity index (χ1n) is 6.24. The van der Waals surface area contributed by atoms with Gasteiger partial charge in [-0.3, -0.25) is 0 Å². The third-order valence-electron chi connectivity index (χ3n) is 3.16. The Labute approximate surface area is 120 Å². The van der Waals surface area contributed by atoms with Crippen LogP contribution in [0.25, 0.3) is 10.8 Å². The topological polar surface area (TPSA) is 104 Å². The molecule has 0 bridgehead atoms. The van der Waals surface area contributed by atoms with Crippen molar-refractivity contribution in [2.24, 2.45) is 0 Å². The maximum atomic E-state index is 10.8. The summed E-state index contributed by atoms with van der Waals surface area (Å²) in [6.07, 6.45) is -0.551. The zero-order valence-electron chi connectivity index (χ0n) is 11.0. The van der Waals surface area contributed by atoms with Gasteiger partial charge in [0.05, 0.1) is 6.61 Å². The Morgan fingerprint density at radius 2 is 1.62 bits per heavy atom. The highest BCUT2D eigenvalue weighted by Gasteiger charge is 2.44. The molecule has 0 fully saturated rings. The van der Waals surface area contributed by atoms with Crippen LogP contribution < -0.4 is 4.74 Å². The summed E-state index contributed by atoms with van der Waals surface area (Å²) >= 11 is 0. The van der Waals surface area contributed by atoms with Gasteiger partial charge in [0.25, 0.3) is 5.60 Å². The van der Waals surface area contributed by atoms with Crippen LogP contribution in [0.15, 0.2) is 42.5 Å². The summed E-state index contributed by atoms with van der Waals surface area (Å²) < 4.78 is 5.32. The fraction of sp³-hybridized carbons (Fsp3) is 0.200. The number of ether oxygens (including phenoxy) is 1. The maximum Gasteiger partial charge on any atom is 0.347 e. The van der Waals surface area contributed by atoms with Crippen LogP contribution in [0.1, 0.15) is 6.42 Å². The standard InChI is InChI=1S/C15H14O6/c16-13(17)15(20,14(18)19)7-8-21-12-6-5-10-3-1-2-4-11(10)9-12/h1-6,9,20H,7-8H2,(H,16,17)(H,18,19). The lowest BCUT2D eigenvalue weighted by molar-refractivity contribution is -0.177. The summed E-state index contributed by atoms with van der Waals surface area (Å²) in [5, 5.41) is 29.0. The Morgan fingerprint density at radius 3 is 2.24 bits per heavy atom. The fourth-order valence-electron chi connectivity index (χ4n) is 1.88. The van der Waals surface area contributed by atoms with E-state index in [2.05, 4.69) is 0 Å². The normalized spacial score (nSPS) is 11.3. The van der Waals surface area contributed by atoms with Crippen molar-refractivity contribution in [2.75, 3.05) is 6.61 Å². The Bertz CT molecular complexity index is 665. The molecule has 6 heteroatoms. The molecule has 6 nitrogen and oxygen atoms in total. The van der Waals surface area contributed by atoms with E-state index in [0.717, 1.165) is 10.8 Å². The highest BCUT2D eigenvalue weighted by Crippen LogP contribution is 2.21. The van der Waals surface area contributed by atoms with Crippen LogP contribution in [0.4, 0.5) is 0 Å². The van der Waals surface area contributed by atoms with E-state index in [4.69, 9.17) is 14.9 Å². The third kappa shape index (κ3) is 3.11. The number of aliphatic carboxylic acids is 2. The molecule has 0 amide bonds. The van der Waals surface area contributed by atoms with E-state index in [1.54, 1.807) is 12.1 Å². The molecule has 0 atom stereocenters. The van der Waals surface area contributed by atoms with E-state index in [-0.39, 0.29) is 6.61 Å². The van der Waals surface area contributed by atoms with Crippen LogP contribution in [-0.4, -0.2) is 39.5 Å². The molecule has 2 rings (SSSR count). The predicted molar refractivity (Wildman–Crippen MR) is 74.3 cm³/mol. The number of benzene rings is 2. The number of carboxylic acids is 2. The van der Waals surface area contributed by atoms with E-state index < -0.39 is 24.0 Å². The zero-order valence-corrected chi connectivity index (χ0v) is 11.0. The van der Waals surface area contributed by atoms with Crippen LogP contribution in [0.5, 0.6) is 5.75 Å². The molecule has 0 saturated carbocycles. The highest BCUT2D eigenvalue weighted by atomic mass is 16.5. The van der Waals surface area contributed by atoms with Gasteiger partial charge in [0.1, 0.15) is 5.75 Å². The molecule has 0 saturated heterocycles. The molecular formula is C15H14O6. The predicted octanol–water partition coefficient (Wildman–Crippen LogP) is 1.51. The number of hydrogen-bond acceptors (Lipinski definition) is 4. The first-order chi connectivity index (χ1) is 9.93. The molecule has 0 unspecified atom stereocenters. The van der Waals surface area contributed by atoms with Crippen LogP contribution in [0, 0.1) is 0 Å². The molecule has 0 radical (unpaired) electrons. The lowest BCUT2D eigenvalue weighted by atomic mass is 10.0. The largest absolute Gasteiger partial charge is 0.493 e. The Balaban J connectivity index is 2.05. The molecule has 0 spiro atoms. The number of hydrogen-bond donors (Lipinski definition) is 3. The highest BCUT2D eigenvalue weighted by molar-refractivity contribution is 6.01. The maximum absolute atomic E-state index is 10.8. The Hall–Kier alpha value is -2.60. The Kier molecular flexibility index (Phi) is 4.09. The minimum absolute atomic E-state index is 0.229. The molecule has 3 N–H and O–H groups in total. The number of carbonyl (C=O) groups is 2. The molecule has 2 aromatic carbocycles. The monoisotopic (exact) mass is 290 g/mol. The van der Waals surface area contributed by atoms with Gasteiger partial charge in [0.15, 0.2) is 0 Å². The Morgan fingerprint density at radius 1 is 1.00 bits per heavy atom. The van der Waals surface area contributed by atoms with Gasteiger partial charge in [-0.15, -0.1) is 0 Å². The van der Waals surface area contributed by atoms with Gasteiger partial charge in [-0.1, -0.05) is 30.3 Å². The van der Waals surface area contributed by atoms with E-state index in [1.807, 2.05) is 30.3 Å². The average Bonchev–Trinajstić information content (AvgIpc) is 2.46. The van der Waals surface area contributed by atoms with E-state index in [0.29, 0.717) is 5.75 Å². The smallest absolute Gasteiger partial charge is 0.347 e. The van der Waals surface area contributed by atoms with Crippen molar-refractivity contribution in [3.8, 4) is 5.75 Å². The molecule has 0 aliphatic carbocycles. The van der Waals surface area contributed by atoms with Gasteiger partial charge >= 0.3 is 11.9 Å². The van der Waals surface area contributed by atoms with E-state index in [1.165, 1.54) is 0 Å². The lowest BCUT2D eigenvalue weighted by Gasteiger charge is -2.18. The summed E-state index contributed by atoms with van der Waals surface area (Å²) in [5.74, 6) is -3.14. The second kappa shape index (κ2) is 5.80. The lowest BCUT2D eigenvalue weighted by Crippen LogP contribution is -2.47. The summed E-state index contributed by atoms with van der Waals surface area (Å²) in [5.41, 5.74) is -2.84. The summed E-state index contributed by atoms with van der Waals surface area (Å²) in [7, 11) is 0. The van der Waals surface area contributed by atoms with Crippen molar-refractivity contribution in [1.29, 1.82) is 0 Å². The number of aliphatic hydroxyl groups is 1. The molecule has 2 aromatic rings. The second-order valence-corrected chi connectivity index (χ2v) is 4.58. The molecule has 0 aliphatic rings. The van der Waals surface area contributed by atoms with Gasteiger partial charge in [0, 0.05) is 6.42 Å². The molecule has 0 heterocycles. The summed E-state index contributed by atoms with van der Waals surface area (Å²) in [6.45, 7) is -0.229. The van der Waals surface area contributed by atoms with Gasteiger partial charge < -0.3 is 20.1 Å². The van der Waals surface area contributed by atoms with Crippen molar-refractivity contribution in [3.05, 3.63) is 42.5 Å². The van der Waals surface area contributed by atoms with Gasteiger partial charge in [-0.2, -0.15) is 0 Å². The minimum atomic E-state index is -2.84. The molecule has 21 heavy (non-hydrogen) atoms. The molecular weight excluding hydrogens is 276 g/mol.